The molecule has 2 saturated heterocycles. The van der Waals surface area contributed by atoms with Crippen LogP contribution in [0.2, 0.25) is 0 Å². The van der Waals surface area contributed by atoms with Crippen LogP contribution in [0, 0.1) is 5.92 Å². The lowest BCUT2D eigenvalue weighted by Crippen LogP contribution is -2.54. The van der Waals surface area contributed by atoms with E-state index in [0.717, 1.165) is 25.6 Å². The molecule has 0 bridgehead atoms. The van der Waals surface area contributed by atoms with Crippen LogP contribution in [0.3, 0.4) is 0 Å². The fourth-order valence-corrected chi connectivity index (χ4v) is 4.19. The average molecular weight is 326 g/mol. The van der Waals surface area contributed by atoms with E-state index in [9.17, 15) is 0 Å². The molecule has 130 valence electrons. The number of piperidine rings is 1. The highest BCUT2D eigenvalue weighted by atomic mass is 16.5. The third-order valence-corrected chi connectivity index (χ3v) is 5.94. The molecule has 4 rings (SSSR count). The van der Waals surface area contributed by atoms with Gasteiger partial charge in [-0.2, -0.15) is 0 Å². The summed E-state index contributed by atoms with van der Waals surface area (Å²) in [7, 11) is 0. The van der Waals surface area contributed by atoms with Gasteiger partial charge in [0.2, 0.25) is 0 Å². The number of likely N-dealkylation sites (tertiary alicyclic amines) is 1. The molecular formula is C21H30N2O. The molecule has 3 fully saturated rings. The highest BCUT2D eigenvalue weighted by Crippen LogP contribution is 2.40. The summed E-state index contributed by atoms with van der Waals surface area (Å²) in [4.78, 5) is 2.62. The van der Waals surface area contributed by atoms with Crippen LogP contribution in [0.4, 0.5) is 0 Å². The Hall–Kier alpha value is -1.16. The van der Waals surface area contributed by atoms with Gasteiger partial charge in [-0.15, -0.1) is 0 Å². The number of rotatable bonds is 6. The second-order valence-electron chi connectivity index (χ2n) is 7.60. The zero-order chi connectivity index (χ0) is 16.4. The van der Waals surface area contributed by atoms with E-state index in [1.165, 1.54) is 37.9 Å². The zero-order valence-electron chi connectivity index (χ0n) is 14.8. The monoisotopic (exact) mass is 326 g/mol. The van der Waals surface area contributed by atoms with Crippen molar-refractivity contribution < 1.29 is 4.74 Å². The Morgan fingerprint density at radius 1 is 1.21 bits per heavy atom. The van der Waals surface area contributed by atoms with Crippen LogP contribution >= 0.6 is 0 Å². The minimum Gasteiger partial charge on any atom is -0.378 e. The van der Waals surface area contributed by atoms with E-state index >= 15 is 0 Å². The van der Waals surface area contributed by atoms with Gasteiger partial charge in [-0.3, -0.25) is 4.90 Å². The van der Waals surface area contributed by atoms with E-state index in [1.54, 1.807) is 5.57 Å². The number of hydrogen-bond donors (Lipinski definition) is 1. The fraction of sp³-hybridized carbons (Fsp3) is 0.619. The zero-order valence-corrected chi connectivity index (χ0v) is 14.8. The van der Waals surface area contributed by atoms with E-state index < -0.39 is 0 Å². The van der Waals surface area contributed by atoms with Gasteiger partial charge in [0.05, 0.1) is 19.3 Å². The molecule has 3 aliphatic rings. The number of benzene rings is 1. The normalized spacial score (nSPS) is 29.5. The minimum absolute atomic E-state index is 0.708. The SMILES string of the molecule is CC/C(=C\c1ccccc1)[C@@H]1C[C@H]1NC1CCN(C2COC2)CC1. The summed E-state index contributed by atoms with van der Waals surface area (Å²) in [6.45, 7) is 6.68. The fourth-order valence-electron chi connectivity index (χ4n) is 4.19. The molecule has 0 radical (unpaired) electrons. The third-order valence-electron chi connectivity index (χ3n) is 5.94. The highest BCUT2D eigenvalue weighted by molar-refractivity contribution is 5.54. The van der Waals surface area contributed by atoms with Crippen LogP contribution in [0.25, 0.3) is 6.08 Å². The molecule has 3 nitrogen and oxygen atoms in total. The van der Waals surface area contributed by atoms with Gasteiger partial charge >= 0.3 is 0 Å². The van der Waals surface area contributed by atoms with Gasteiger partial charge in [0, 0.05) is 25.2 Å². The van der Waals surface area contributed by atoms with Crippen molar-refractivity contribution in [2.45, 2.75) is 50.7 Å². The Morgan fingerprint density at radius 2 is 1.96 bits per heavy atom. The summed E-state index contributed by atoms with van der Waals surface area (Å²) in [6.07, 6.45) is 7.49. The molecular weight excluding hydrogens is 296 g/mol. The maximum absolute atomic E-state index is 5.33. The lowest BCUT2D eigenvalue weighted by Gasteiger charge is -2.41. The lowest BCUT2D eigenvalue weighted by atomic mass is 10.0. The van der Waals surface area contributed by atoms with Gasteiger partial charge in [0.25, 0.3) is 0 Å². The first-order chi connectivity index (χ1) is 11.8. The second kappa shape index (κ2) is 7.38. The van der Waals surface area contributed by atoms with Crippen molar-refractivity contribution in [1.29, 1.82) is 0 Å². The molecule has 0 amide bonds. The molecule has 0 unspecified atom stereocenters. The molecule has 1 saturated carbocycles. The summed E-state index contributed by atoms with van der Waals surface area (Å²) < 4.78 is 5.33. The number of hydrogen-bond acceptors (Lipinski definition) is 3. The molecule has 24 heavy (non-hydrogen) atoms. The first kappa shape index (κ1) is 16.3. The third kappa shape index (κ3) is 3.74. The Kier molecular flexibility index (Phi) is 5.02. The first-order valence-electron chi connectivity index (χ1n) is 9.67. The van der Waals surface area contributed by atoms with E-state index in [4.69, 9.17) is 4.74 Å². The molecule has 1 aliphatic carbocycles. The van der Waals surface area contributed by atoms with Gasteiger partial charge in [-0.25, -0.2) is 0 Å². The van der Waals surface area contributed by atoms with Crippen LogP contribution in [0.5, 0.6) is 0 Å². The summed E-state index contributed by atoms with van der Waals surface area (Å²) in [5.41, 5.74) is 2.96. The minimum atomic E-state index is 0.708. The molecule has 0 spiro atoms. The Balaban J connectivity index is 1.26. The maximum Gasteiger partial charge on any atom is 0.0645 e. The Bertz CT molecular complexity index is 558. The van der Waals surface area contributed by atoms with Crippen LogP contribution in [-0.4, -0.2) is 49.3 Å². The number of nitrogens with zero attached hydrogens (tertiary/aromatic N) is 1. The van der Waals surface area contributed by atoms with Gasteiger partial charge in [-0.05, 0) is 37.2 Å². The standard InChI is InChI=1S/C21H30N2O/c1-2-17(12-16-6-4-3-5-7-16)20-13-21(20)22-18-8-10-23(11-9-18)19-14-24-15-19/h3-7,12,18-22H,2,8-11,13-15H2,1H3/b17-12+/t20-,21+/m0/s1. The Morgan fingerprint density at radius 3 is 2.58 bits per heavy atom. The predicted molar refractivity (Wildman–Crippen MR) is 98.9 cm³/mol. The molecule has 2 atom stereocenters. The van der Waals surface area contributed by atoms with Crippen molar-refractivity contribution in [3.63, 3.8) is 0 Å². The molecule has 1 aromatic carbocycles. The van der Waals surface area contributed by atoms with E-state index in [0.29, 0.717) is 18.1 Å². The Labute approximate surface area is 146 Å². The maximum atomic E-state index is 5.33. The molecule has 1 aromatic rings. The van der Waals surface area contributed by atoms with Gasteiger partial charge in [-0.1, -0.05) is 48.9 Å². The van der Waals surface area contributed by atoms with Crippen molar-refractivity contribution >= 4 is 6.08 Å². The van der Waals surface area contributed by atoms with Crippen LogP contribution in [0.1, 0.15) is 38.2 Å². The van der Waals surface area contributed by atoms with E-state index in [-0.39, 0.29) is 0 Å². The molecule has 2 heterocycles. The molecule has 0 aromatic heterocycles. The van der Waals surface area contributed by atoms with E-state index in [2.05, 4.69) is 53.5 Å². The summed E-state index contributed by atoms with van der Waals surface area (Å²) >= 11 is 0. The first-order valence-corrected chi connectivity index (χ1v) is 9.67. The van der Waals surface area contributed by atoms with Crippen molar-refractivity contribution in [1.82, 2.24) is 10.2 Å². The second-order valence-corrected chi connectivity index (χ2v) is 7.60. The number of nitrogens with one attached hydrogen (secondary N) is 1. The van der Waals surface area contributed by atoms with Gasteiger partial charge < -0.3 is 10.1 Å². The van der Waals surface area contributed by atoms with E-state index in [1.807, 2.05) is 0 Å². The van der Waals surface area contributed by atoms with Crippen LogP contribution < -0.4 is 5.32 Å². The summed E-state index contributed by atoms with van der Waals surface area (Å²) in [5.74, 6) is 0.758. The molecule has 1 N–H and O–H groups in total. The van der Waals surface area contributed by atoms with Gasteiger partial charge in [0.1, 0.15) is 0 Å². The lowest BCUT2D eigenvalue weighted by molar-refractivity contribution is -0.0719. The average Bonchev–Trinajstić information content (AvgIpc) is 3.33. The van der Waals surface area contributed by atoms with Crippen LogP contribution in [-0.2, 0) is 4.74 Å². The highest BCUT2D eigenvalue weighted by Gasteiger charge is 2.40. The van der Waals surface area contributed by atoms with Crippen molar-refractivity contribution in [2.24, 2.45) is 5.92 Å². The smallest absolute Gasteiger partial charge is 0.0645 e. The molecule has 3 heteroatoms. The largest absolute Gasteiger partial charge is 0.378 e. The topological polar surface area (TPSA) is 24.5 Å². The molecule has 2 aliphatic heterocycles. The summed E-state index contributed by atoms with van der Waals surface area (Å²) in [5, 5.41) is 3.94. The van der Waals surface area contributed by atoms with Gasteiger partial charge in [0.15, 0.2) is 0 Å². The van der Waals surface area contributed by atoms with Crippen molar-refractivity contribution in [3.05, 3.63) is 41.5 Å². The predicted octanol–water partition coefficient (Wildman–Crippen LogP) is 3.32. The summed E-state index contributed by atoms with van der Waals surface area (Å²) in [6, 6.07) is 12.9. The van der Waals surface area contributed by atoms with Crippen LogP contribution in [0.15, 0.2) is 35.9 Å². The van der Waals surface area contributed by atoms with Crippen molar-refractivity contribution in [3.8, 4) is 0 Å². The number of ether oxygens (including phenoxy) is 1. The van der Waals surface area contributed by atoms with Crippen molar-refractivity contribution in [2.75, 3.05) is 26.3 Å². The quantitative estimate of drug-likeness (QED) is 0.868.